The van der Waals surface area contributed by atoms with Crippen molar-refractivity contribution in [1.82, 2.24) is 5.32 Å². The lowest BCUT2D eigenvalue weighted by Gasteiger charge is -2.13. The van der Waals surface area contributed by atoms with Gasteiger partial charge >= 0.3 is 5.97 Å². The first-order chi connectivity index (χ1) is 28.3. The lowest BCUT2D eigenvalue weighted by atomic mass is 10.0. The number of nitrogens with one attached hydrogen (secondary N) is 3. The second-order valence-electron chi connectivity index (χ2n) is 17.0. The van der Waals surface area contributed by atoms with Crippen LogP contribution in [0.3, 0.4) is 0 Å². The van der Waals surface area contributed by atoms with Crippen molar-refractivity contribution in [2.75, 3.05) is 17.2 Å². The van der Waals surface area contributed by atoms with Crippen LogP contribution >= 0.6 is 0 Å². The van der Waals surface area contributed by atoms with E-state index in [1.807, 2.05) is 0 Å². The van der Waals surface area contributed by atoms with Gasteiger partial charge in [0.2, 0.25) is 11.8 Å². The third-order valence-corrected chi connectivity index (χ3v) is 11.3. The van der Waals surface area contributed by atoms with Gasteiger partial charge in [-0.3, -0.25) is 19.2 Å². The normalized spacial score (nSPS) is 11.7. The van der Waals surface area contributed by atoms with Gasteiger partial charge in [0.15, 0.2) is 0 Å². The van der Waals surface area contributed by atoms with E-state index in [9.17, 15) is 19.2 Å². The predicted octanol–water partition coefficient (Wildman–Crippen LogP) is 13.4. The molecule has 9 heteroatoms. The van der Waals surface area contributed by atoms with Crippen molar-refractivity contribution >= 4 is 35.1 Å². The molecule has 1 rings (SSSR count). The maximum atomic E-state index is 13.1. The molecule has 9 nitrogen and oxygen atoms in total. The summed E-state index contributed by atoms with van der Waals surface area (Å²) in [7, 11) is 0. The van der Waals surface area contributed by atoms with Crippen LogP contribution < -0.4 is 21.7 Å². The Morgan fingerprint density at radius 1 is 0.483 bits per heavy atom. The van der Waals surface area contributed by atoms with Crippen LogP contribution in [0.4, 0.5) is 11.4 Å². The molecule has 0 bridgehead atoms. The standard InChI is InChI=1S/C49H88N4O5/c1-3-5-7-9-11-13-15-17-19-21-23-25-27-29-31-36-46(54)52-43-39-42(48(56)51-38-34-33-35-45(50)49(57)58)40-44(41-43)53-47(55)37-32-30-28-26-24-22-20-18-16-14-12-10-8-6-4-2/h39-41,45H,3-38,50H2,1-2H3,(H,51,56)(H,52,54)(H,53,55)(H,57,58)/t45-/m0/s1. The van der Waals surface area contributed by atoms with Crippen LogP contribution in [0, 0.1) is 0 Å². The highest BCUT2D eigenvalue weighted by Gasteiger charge is 2.14. The van der Waals surface area contributed by atoms with Gasteiger partial charge in [-0.2, -0.15) is 0 Å². The summed E-state index contributed by atoms with van der Waals surface area (Å²) < 4.78 is 0. The maximum Gasteiger partial charge on any atom is 0.320 e. The summed E-state index contributed by atoms with van der Waals surface area (Å²) in [6, 6.07) is 4.10. The number of unbranched alkanes of at least 4 members (excludes halogenated alkanes) is 29. The molecule has 0 aliphatic rings. The van der Waals surface area contributed by atoms with Crippen LogP contribution in [-0.2, 0) is 14.4 Å². The zero-order valence-electron chi connectivity index (χ0n) is 37.4. The second kappa shape index (κ2) is 38.3. The number of nitrogens with two attached hydrogens (primary N) is 1. The van der Waals surface area contributed by atoms with Gasteiger partial charge in [0, 0.05) is 36.3 Å². The lowest BCUT2D eigenvalue weighted by molar-refractivity contribution is -0.138. The number of hydrogen-bond donors (Lipinski definition) is 5. The molecule has 0 aliphatic carbocycles. The van der Waals surface area contributed by atoms with Crippen molar-refractivity contribution in [3.8, 4) is 0 Å². The monoisotopic (exact) mass is 813 g/mol. The first-order valence-electron chi connectivity index (χ1n) is 24.3. The Hall–Kier alpha value is -2.94. The molecule has 0 unspecified atom stereocenters. The fourth-order valence-electron chi connectivity index (χ4n) is 7.58. The van der Waals surface area contributed by atoms with E-state index < -0.39 is 12.0 Å². The Bertz CT molecular complexity index is 1130. The molecule has 58 heavy (non-hydrogen) atoms. The zero-order valence-corrected chi connectivity index (χ0v) is 37.4. The van der Waals surface area contributed by atoms with Gasteiger partial charge in [-0.25, -0.2) is 0 Å². The van der Waals surface area contributed by atoms with Crippen LogP contribution in [0.25, 0.3) is 0 Å². The van der Waals surface area contributed by atoms with Crippen LogP contribution in [0.15, 0.2) is 18.2 Å². The van der Waals surface area contributed by atoms with E-state index in [4.69, 9.17) is 10.8 Å². The molecule has 0 heterocycles. The van der Waals surface area contributed by atoms with E-state index in [0.29, 0.717) is 55.6 Å². The minimum atomic E-state index is -1.03. The number of carbonyl (C=O) groups is 4. The molecule has 0 aliphatic heterocycles. The molecule has 1 aromatic carbocycles. The third kappa shape index (κ3) is 32.0. The molecule has 334 valence electrons. The smallest absolute Gasteiger partial charge is 0.320 e. The van der Waals surface area contributed by atoms with E-state index in [0.717, 1.165) is 38.5 Å². The topological polar surface area (TPSA) is 151 Å². The minimum absolute atomic E-state index is 0.0999. The van der Waals surface area contributed by atoms with Crippen LogP contribution in [0.1, 0.15) is 249 Å². The van der Waals surface area contributed by atoms with Crippen LogP contribution in [-0.4, -0.2) is 41.4 Å². The van der Waals surface area contributed by atoms with Gasteiger partial charge in [-0.1, -0.05) is 194 Å². The first kappa shape index (κ1) is 53.1. The van der Waals surface area contributed by atoms with Gasteiger partial charge in [-0.15, -0.1) is 0 Å². The molecule has 0 spiro atoms. The van der Waals surface area contributed by atoms with Crippen LogP contribution in [0.5, 0.6) is 0 Å². The molecular weight excluding hydrogens is 725 g/mol. The number of carboxylic acid groups (broad SMARTS) is 1. The SMILES string of the molecule is CCCCCCCCCCCCCCCCCC(=O)Nc1cc(NC(=O)CCCCCCCCCCCCCCCCC)cc(C(=O)NCCCC[C@H](N)C(=O)O)c1. The number of hydrogen-bond acceptors (Lipinski definition) is 5. The van der Waals surface area contributed by atoms with Gasteiger partial charge in [0.05, 0.1) is 0 Å². The molecule has 0 saturated carbocycles. The third-order valence-electron chi connectivity index (χ3n) is 11.3. The second-order valence-corrected chi connectivity index (χ2v) is 17.0. The van der Waals surface area contributed by atoms with E-state index in [1.54, 1.807) is 18.2 Å². The highest BCUT2D eigenvalue weighted by Crippen LogP contribution is 2.22. The molecule has 3 amide bonds. The average Bonchev–Trinajstić information content (AvgIpc) is 3.20. The van der Waals surface area contributed by atoms with Gasteiger partial charge in [0.1, 0.15) is 6.04 Å². The highest BCUT2D eigenvalue weighted by molar-refractivity contribution is 6.00. The number of aliphatic carboxylic acids is 1. The number of benzene rings is 1. The summed E-state index contributed by atoms with van der Waals surface area (Å²) in [5, 5.41) is 17.8. The molecule has 0 aromatic heterocycles. The summed E-state index contributed by atoms with van der Waals surface area (Å²) >= 11 is 0. The molecule has 0 fully saturated rings. The molecule has 0 radical (unpaired) electrons. The van der Waals surface area contributed by atoms with E-state index in [2.05, 4.69) is 29.8 Å². The fourth-order valence-corrected chi connectivity index (χ4v) is 7.58. The van der Waals surface area contributed by atoms with Crippen molar-refractivity contribution in [3.63, 3.8) is 0 Å². The summed E-state index contributed by atoms with van der Waals surface area (Å²) in [4.78, 5) is 50.0. The number of anilines is 2. The Balaban J connectivity index is 2.45. The molecule has 1 atom stereocenters. The highest BCUT2D eigenvalue weighted by atomic mass is 16.4. The zero-order chi connectivity index (χ0) is 42.3. The van der Waals surface area contributed by atoms with Gasteiger partial charge in [0.25, 0.3) is 5.91 Å². The summed E-state index contributed by atoms with van der Waals surface area (Å²) in [5.74, 6) is -1.55. The molecular formula is C49H88N4O5. The minimum Gasteiger partial charge on any atom is -0.480 e. The summed E-state index contributed by atoms with van der Waals surface area (Å²) in [6.07, 6.45) is 40.4. The molecule has 0 saturated heterocycles. The summed E-state index contributed by atoms with van der Waals surface area (Å²) in [5.41, 5.74) is 6.89. The van der Waals surface area contributed by atoms with Crippen molar-refractivity contribution in [1.29, 1.82) is 0 Å². The summed E-state index contributed by atoms with van der Waals surface area (Å²) in [6.45, 7) is 4.89. The van der Waals surface area contributed by atoms with E-state index >= 15 is 0 Å². The Morgan fingerprint density at radius 3 is 1.14 bits per heavy atom. The van der Waals surface area contributed by atoms with Crippen molar-refractivity contribution in [3.05, 3.63) is 23.8 Å². The lowest BCUT2D eigenvalue weighted by Crippen LogP contribution is -2.30. The molecule has 6 N–H and O–H groups in total. The number of carbonyl (C=O) groups excluding carboxylic acids is 3. The van der Waals surface area contributed by atoms with E-state index in [-0.39, 0.29) is 17.7 Å². The van der Waals surface area contributed by atoms with Crippen molar-refractivity contribution in [2.24, 2.45) is 5.73 Å². The fraction of sp³-hybridized carbons (Fsp3) is 0.796. The van der Waals surface area contributed by atoms with Crippen molar-refractivity contribution in [2.45, 2.75) is 245 Å². The quantitative estimate of drug-likeness (QED) is 0.0415. The van der Waals surface area contributed by atoms with E-state index in [1.165, 1.54) is 154 Å². The first-order valence-corrected chi connectivity index (χ1v) is 24.3. The van der Waals surface area contributed by atoms with Crippen molar-refractivity contribution < 1.29 is 24.3 Å². The largest absolute Gasteiger partial charge is 0.480 e. The number of rotatable bonds is 41. The Labute approximate surface area is 355 Å². The average molecular weight is 813 g/mol. The number of amides is 3. The van der Waals surface area contributed by atoms with Crippen LogP contribution in [0.2, 0.25) is 0 Å². The Kier molecular flexibility index (Phi) is 35.0. The van der Waals surface area contributed by atoms with Gasteiger partial charge < -0.3 is 26.8 Å². The maximum absolute atomic E-state index is 13.1. The Morgan fingerprint density at radius 2 is 0.810 bits per heavy atom. The van der Waals surface area contributed by atoms with Gasteiger partial charge in [-0.05, 0) is 50.3 Å². The molecule has 1 aromatic rings. The number of carboxylic acids is 1. The predicted molar refractivity (Wildman–Crippen MR) is 245 cm³/mol.